The number of nitrogens with one attached hydrogen (secondary N) is 1. The van der Waals surface area contributed by atoms with Gasteiger partial charge in [-0.25, -0.2) is 9.97 Å². The average molecular weight is 369 g/mol. The van der Waals surface area contributed by atoms with Crippen LogP contribution < -0.4 is 5.32 Å². The number of nitrogens with zero attached hydrogens (tertiary/aromatic N) is 2. The number of rotatable bonds is 6. The summed E-state index contributed by atoms with van der Waals surface area (Å²) in [5, 5.41) is 4.10. The molecule has 0 aliphatic heterocycles. The number of aromatic nitrogens is 2. The molecule has 0 bridgehead atoms. The van der Waals surface area contributed by atoms with Gasteiger partial charge in [0.25, 0.3) is 0 Å². The highest BCUT2D eigenvalue weighted by Crippen LogP contribution is 2.26. The van der Waals surface area contributed by atoms with E-state index in [0.717, 1.165) is 51.8 Å². The maximum Gasteiger partial charge on any atom is 0.144 e. The van der Waals surface area contributed by atoms with E-state index in [1.807, 2.05) is 24.3 Å². The van der Waals surface area contributed by atoms with E-state index in [-0.39, 0.29) is 0 Å². The Bertz CT molecular complexity index is 616. The standard InChI is InChI=1S/C16H19BrClN3/c1-3-9-19-16-15(17)13(4-2)20-14(21-16)10-11-7-5-6-8-12(11)18/h5-8H,3-4,9-10H2,1-2H3,(H,19,20,21). The van der Waals surface area contributed by atoms with Crippen LogP contribution in [0.2, 0.25) is 5.02 Å². The molecule has 21 heavy (non-hydrogen) atoms. The zero-order valence-electron chi connectivity index (χ0n) is 12.3. The van der Waals surface area contributed by atoms with Crippen LogP contribution >= 0.6 is 27.5 Å². The van der Waals surface area contributed by atoms with Crippen LogP contribution in [0.5, 0.6) is 0 Å². The van der Waals surface area contributed by atoms with E-state index in [4.69, 9.17) is 11.6 Å². The van der Waals surface area contributed by atoms with Crippen LogP contribution in [-0.4, -0.2) is 16.5 Å². The molecular weight excluding hydrogens is 350 g/mol. The molecule has 0 fully saturated rings. The van der Waals surface area contributed by atoms with Gasteiger partial charge >= 0.3 is 0 Å². The Hall–Kier alpha value is -1.13. The van der Waals surface area contributed by atoms with Gasteiger partial charge in [0.05, 0.1) is 10.2 Å². The van der Waals surface area contributed by atoms with E-state index >= 15 is 0 Å². The topological polar surface area (TPSA) is 37.8 Å². The van der Waals surface area contributed by atoms with E-state index < -0.39 is 0 Å². The molecule has 2 aromatic rings. The first-order valence-corrected chi connectivity index (χ1v) is 8.35. The van der Waals surface area contributed by atoms with E-state index in [1.165, 1.54) is 0 Å². The highest BCUT2D eigenvalue weighted by molar-refractivity contribution is 9.10. The summed E-state index contributed by atoms with van der Waals surface area (Å²) in [7, 11) is 0. The summed E-state index contributed by atoms with van der Waals surface area (Å²) in [6, 6.07) is 7.82. The number of benzene rings is 1. The van der Waals surface area contributed by atoms with Crippen LogP contribution in [0.3, 0.4) is 0 Å². The van der Waals surface area contributed by atoms with Gasteiger partial charge in [-0.15, -0.1) is 0 Å². The lowest BCUT2D eigenvalue weighted by atomic mass is 10.1. The number of hydrogen-bond donors (Lipinski definition) is 1. The molecule has 0 saturated carbocycles. The minimum Gasteiger partial charge on any atom is -0.369 e. The van der Waals surface area contributed by atoms with Crippen LogP contribution in [0, 0.1) is 0 Å². The summed E-state index contributed by atoms with van der Waals surface area (Å²) in [6.07, 6.45) is 2.55. The number of hydrogen-bond acceptors (Lipinski definition) is 3. The Labute approximate surface area is 139 Å². The Morgan fingerprint density at radius 2 is 1.95 bits per heavy atom. The highest BCUT2D eigenvalue weighted by atomic mass is 79.9. The summed E-state index contributed by atoms with van der Waals surface area (Å²) in [5.41, 5.74) is 2.07. The van der Waals surface area contributed by atoms with Crippen molar-refractivity contribution in [3.63, 3.8) is 0 Å². The van der Waals surface area contributed by atoms with Gasteiger partial charge in [0, 0.05) is 18.0 Å². The fraction of sp³-hybridized carbons (Fsp3) is 0.375. The fourth-order valence-electron chi connectivity index (χ4n) is 2.03. The number of aryl methyl sites for hydroxylation is 1. The van der Waals surface area contributed by atoms with Crippen molar-refractivity contribution >= 4 is 33.3 Å². The van der Waals surface area contributed by atoms with Crippen molar-refractivity contribution in [1.82, 2.24) is 9.97 Å². The first-order valence-electron chi connectivity index (χ1n) is 7.18. The molecule has 0 radical (unpaired) electrons. The van der Waals surface area contributed by atoms with Gasteiger partial charge < -0.3 is 5.32 Å². The third kappa shape index (κ3) is 4.17. The summed E-state index contributed by atoms with van der Waals surface area (Å²) in [5.74, 6) is 1.66. The van der Waals surface area contributed by atoms with Crippen LogP contribution in [-0.2, 0) is 12.8 Å². The van der Waals surface area contributed by atoms with Crippen LogP contribution in [0.25, 0.3) is 0 Å². The van der Waals surface area contributed by atoms with Gasteiger partial charge in [0.2, 0.25) is 0 Å². The second-order valence-electron chi connectivity index (χ2n) is 4.80. The highest BCUT2D eigenvalue weighted by Gasteiger charge is 2.12. The Kier molecular flexibility index (Phi) is 6.00. The molecule has 1 aromatic carbocycles. The molecule has 0 atom stereocenters. The molecular formula is C16H19BrClN3. The molecule has 1 heterocycles. The molecule has 2 rings (SSSR count). The third-order valence-electron chi connectivity index (χ3n) is 3.15. The van der Waals surface area contributed by atoms with Crippen molar-refractivity contribution in [2.24, 2.45) is 0 Å². The molecule has 0 aliphatic rings. The normalized spacial score (nSPS) is 10.7. The quantitative estimate of drug-likeness (QED) is 0.790. The SMILES string of the molecule is CCCNc1nc(Cc2ccccc2Cl)nc(CC)c1Br. The molecule has 0 amide bonds. The van der Waals surface area contributed by atoms with Gasteiger partial charge in [0.15, 0.2) is 0 Å². The molecule has 1 N–H and O–H groups in total. The first kappa shape index (κ1) is 16.2. The van der Waals surface area contributed by atoms with Gasteiger partial charge in [-0.2, -0.15) is 0 Å². The smallest absolute Gasteiger partial charge is 0.144 e. The van der Waals surface area contributed by atoms with Crippen molar-refractivity contribution in [3.8, 4) is 0 Å². The van der Waals surface area contributed by atoms with E-state index in [2.05, 4.69) is 45.1 Å². The predicted molar refractivity (Wildman–Crippen MR) is 92.1 cm³/mol. The second kappa shape index (κ2) is 7.76. The van der Waals surface area contributed by atoms with Gasteiger partial charge in [-0.05, 0) is 40.4 Å². The van der Waals surface area contributed by atoms with E-state index in [9.17, 15) is 0 Å². The maximum absolute atomic E-state index is 6.22. The van der Waals surface area contributed by atoms with Crippen LogP contribution in [0.1, 0.15) is 37.4 Å². The van der Waals surface area contributed by atoms with Gasteiger partial charge in [0.1, 0.15) is 11.6 Å². The molecule has 0 saturated heterocycles. The third-order valence-corrected chi connectivity index (χ3v) is 4.35. The molecule has 1 aromatic heterocycles. The van der Waals surface area contributed by atoms with E-state index in [0.29, 0.717) is 6.42 Å². The summed E-state index contributed by atoms with van der Waals surface area (Å²) < 4.78 is 0.960. The van der Waals surface area contributed by atoms with Crippen molar-refractivity contribution < 1.29 is 0 Å². The van der Waals surface area contributed by atoms with Gasteiger partial charge in [-0.3, -0.25) is 0 Å². The summed E-state index contributed by atoms with van der Waals surface area (Å²) in [6.45, 7) is 5.12. The fourth-order valence-corrected chi connectivity index (χ4v) is 2.83. The number of halogens is 2. The minimum atomic E-state index is 0.640. The summed E-state index contributed by atoms with van der Waals surface area (Å²) >= 11 is 9.81. The lowest BCUT2D eigenvalue weighted by Crippen LogP contribution is -2.09. The minimum absolute atomic E-state index is 0.640. The van der Waals surface area contributed by atoms with Crippen molar-refractivity contribution in [2.75, 3.05) is 11.9 Å². The number of anilines is 1. The Morgan fingerprint density at radius 1 is 1.19 bits per heavy atom. The molecule has 112 valence electrons. The monoisotopic (exact) mass is 367 g/mol. The van der Waals surface area contributed by atoms with E-state index in [1.54, 1.807) is 0 Å². The molecule has 0 aliphatic carbocycles. The van der Waals surface area contributed by atoms with Crippen LogP contribution in [0.15, 0.2) is 28.7 Å². The molecule has 0 spiro atoms. The molecule has 5 heteroatoms. The Balaban J connectivity index is 2.33. The zero-order chi connectivity index (χ0) is 15.2. The predicted octanol–water partition coefficient (Wildman–Crippen LogP) is 4.87. The molecule has 3 nitrogen and oxygen atoms in total. The Morgan fingerprint density at radius 3 is 2.62 bits per heavy atom. The maximum atomic E-state index is 6.22. The largest absolute Gasteiger partial charge is 0.369 e. The van der Waals surface area contributed by atoms with Crippen molar-refractivity contribution in [2.45, 2.75) is 33.1 Å². The second-order valence-corrected chi connectivity index (χ2v) is 6.00. The average Bonchev–Trinajstić information content (AvgIpc) is 2.49. The lowest BCUT2D eigenvalue weighted by molar-refractivity contribution is 0.883. The lowest BCUT2D eigenvalue weighted by Gasteiger charge is -2.12. The zero-order valence-corrected chi connectivity index (χ0v) is 14.6. The van der Waals surface area contributed by atoms with Crippen LogP contribution in [0.4, 0.5) is 5.82 Å². The summed E-state index contributed by atoms with van der Waals surface area (Å²) in [4.78, 5) is 9.27. The van der Waals surface area contributed by atoms with Crippen molar-refractivity contribution in [3.05, 3.63) is 50.8 Å². The van der Waals surface area contributed by atoms with Crippen molar-refractivity contribution in [1.29, 1.82) is 0 Å². The van der Waals surface area contributed by atoms with Gasteiger partial charge in [-0.1, -0.05) is 43.6 Å². The first-order chi connectivity index (χ1) is 10.2. The molecule has 0 unspecified atom stereocenters.